The number of hydrogen-bond acceptors (Lipinski definition) is 4. The Morgan fingerprint density at radius 2 is 2.12 bits per heavy atom. The standard InChI is InChI=1S/C11H13N3OS/c15-10-3-1-2-9-11(10)12-13-14(9)8-4-6-16-7-5-8/h1-3,8,15H,4-7H2. The van der Waals surface area contributed by atoms with Gasteiger partial charge >= 0.3 is 0 Å². The summed E-state index contributed by atoms with van der Waals surface area (Å²) in [6, 6.07) is 5.90. The number of phenolic OH excluding ortho intramolecular Hbond substituents is 1. The molecule has 1 aromatic carbocycles. The monoisotopic (exact) mass is 235 g/mol. The van der Waals surface area contributed by atoms with Gasteiger partial charge in [-0.05, 0) is 36.5 Å². The van der Waals surface area contributed by atoms with Crippen molar-refractivity contribution in [3.8, 4) is 5.75 Å². The molecule has 5 heteroatoms. The van der Waals surface area contributed by atoms with Crippen molar-refractivity contribution in [3.05, 3.63) is 18.2 Å². The van der Waals surface area contributed by atoms with Crippen LogP contribution in [0.25, 0.3) is 11.0 Å². The molecule has 1 aliphatic rings. The van der Waals surface area contributed by atoms with E-state index in [2.05, 4.69) is 10.3 Å². The van der Waals surface area contributed by atoms with E-state index >= 15 is 0 Å². The van der Waals surface area contributed by atoms with Crippen molar-refractivity contribution in [3.63, 3.8) is 0 Å². The van der Waals surface area contributed by atoms with Crippen molar-refractivity contribution in [1.82, 2.24) is 15.0 Å². The predicted molar refractivity (Wildman–Crippen MR) is 64.8 cm³/mol. The van der Waals surface area contributed by atoms with Crippen LogP contribution in [-0.4, -0.2) is 31.6 Å². The minimum atomic E-state index is 0.217. The lowest BCUT2D eigenvalue weighted by molar-refractivity contribution is 0.428. The lowest BCUT2D eigenvalue weighted by atomic mass is 10.1. The van der Waals surface area contributed by atoms with Crippen molar-refractivity contribution in [2.45, 2.75) is 18.9 Å². The largest absolute Gasteiger partial charge is 0.506 e. The van der Waals surface area contributed by atoms with Crippen LogP contribution >= 0.6 is 11.8 Å². The minimum Gasteiger partial charge on any atom is -0.506 e. The number of hydrogen-bond donors (Lipinski definition) is 1. The van der Waals surface area contributed by atoms with Crippen LogP contribution in [0.5, 0.6) is 5.75 Å². The Labute approximate surface area is 97.6 Å². The van der Waals surface area contributed by atoms with Crippen molar-refractivity contribution in [2.24, 2.45) is 0 Å². The van der Waals surface area contributed by atoms with Crippen molar-refractivity contribution in [1.29, 1.82) is 0 Å². The maximum absolute atomic E-state index is 9.66. The Morgan fingerprint density at radius 1 is 1.31 bits per heavy atom. The van der Waals surface area contributed by atoms with Gasteiger partial charge in [0.05, 0.1) is 11.6 Å². The quantitative estimate of drug-likeness (QED) is 0.823. The lowest BCUT2D eigenvalue weighted by Crippen LogP contribution is -2.16. The summed E-state index contributed by atoms with van der Waals surface area (Å²) >= 11 is 1.99. The number of aromatic hydroxyl groups is 1. The molecule has 0 radical (unpaired) electrons. The van der Waals surface area contributed by atoms with E-state index < -0.39 is 0 Å². The Hall–Kier alpha value is -1.23. The van der Waals surface area contributed by atoms with Crippen molar-refractivity contribution in [2.75, 3.05) is 11.5 Å². The fourth-order valence-electron chi connectivity index (χ4n) is 2.15. The van der Waals surface area contributed by atoms with Gasteiger partial charge in [0, 0.05) is 0 Å². The summed E-state index contributed by atoms with van der Waals surface area (Å²) in [5.74, 6) is 2.59. The van der Waals surface area contributed by atoms with Gasteiger partial charge in [0.15, 0.2) is 5.52 Å². The summed E-state index contributed by atoms with van der Waals surface area (Å²) in [7, 11) is 0. The summed E-state index contributed by atoms with van der Waals surface area (Å²) in [6.45, 7) is 0. The van der Waals surface area contributed by atoms with Crippen LogP contribution in [0.2, 0.25) is 0 Å². The molecule has 1 fully saturated rings. The zero-order valence-corrected chi connectivity index (χ0v) is 9.65. The van der Waals surface area contributed by atoms with E-state index in [1.54, 1.807) is 6.07 Å². The van der Waals surface area contributed by atoms with Crippen LogP contribution < -0.4 is 0 Å². The van der Waals surface area contributed by atoms with Gasteiger partial charge in [0.25, 0.3) is 0 Å². The number of fused-ring (bicyclic) bond motifs is 1. The van der Waals surface area contributed by atoms with Crippen LogP contribution in [0.1, 0.15) is 18.9 Å². The molecule has 1 aromatic heterocycles. The van der Waals surface area contributed by atoms with E-state index in [4.69, 9.17) is 0 Å². The number of aromatic nitrogens is 3. The third-order valence-corrected chi connectivity index (χ3v) is 4.07. The highest BCUT2D eigenvalue weighted by Gasteiger charge is 2.19. The molecule has 0 aliphatic carbocycles. The first-order valence-electron chi connectivity index (χ1n) is 5.47. The van der Waals surface area contributed by atoms with Crippen LogP contribution in [0, 0.1) is 0 Å². The van der Waals surface area contributed by atoms with Crippen LogP contribution in [0.4, 0.5) is 0 Å². The molecule has 1 aliphatic heterocycles. The predicted octanol–water partition coefficient (Wildman–Crippen LogP) is 2.21. The third kappa shape index (κ3) is 1.55. The van der Waals surface area contributed by atoms with Crippen molar-refractivity contribution >= 4 is 22.8 Å². The molecule has 0 saturated carbocycles. The van der Waals surface area contributed by atoms with Crippen LogP contribution in [-0.2, 0) is 0 Å². The fraction of sp³-hybridized carbons (Fsp3) is 0.455. The van der Waals surface area contributed by atoms with E-state index in [0.717, 1.165) is 18.4 Å². The van der Waals surface area contributed by atoms with Gasteiger partial charge in [-0.2, -0.15) is 11.8 Å². The average molecular weight is 235 g/mol. The zero-order valence-electron chi connectivity index (χ0n) is 8.83. The molecule has 0 unspecified atom stereocenters. The smallest absolute Gasteiger partial charge is 0.154 e. The first-order chi connectivity index (χ1) is 7.86. The highest BCUT2D eigenvalue weighted by Crippen LogP contribution is 2.30. The molecule has 0 amide bonds. The molecule has 84 valence electrons. The van der Waals surface area contributed by atoms with E-state index in [9.17, 15) is 5.11 Å². The lowest BCUT2D eigenvalue weighted by Gasteiger charge is -2.21. The van der Waals surface area contributed by atoms with E-state index in [1.807, 2.05) is 28.6 Å². The second-order valence-electron chi connectivity index (χ2n) is 4.02. The van der Waals surface area contributed by atoms with E-state index in [0.29, 0.717) is 11.6 Å². The molecule has 2 heterocycles. The second-order valence-corrected chi connectivity index (χ2v) is 5.25. The average Bonchev–Trinajstić information content (AvgIpc) is 2.75. The summed E-state index contributed by atoms with van der Waals surface area (Å²) in [4.78, 5) is 0. The summed E-state index contributed by atoms with van der Waals surface area (Å²) < 4.78 is 1.97. The van der Waals surface area contributed by atoms with Gasteiger partial charge in [-0.3, -0.25) is 0 Å². The maximum Gasteiger partial charge on any atom is 0.154 e. The second kappa shape index (κ2) is 3.97. The number of nitrogens with zero attached hydrogens (tertiary/aromatic N) is 3. The molecule has 4 nitrogen and oxygen atoms in total. The number of thioether (sulfide) groups is 1. The topological polar surface area (TPSA) is 50.9 Å². The molecule has 2 aromatic rings. The van der Waals surface area contributed by atoms with Crippen LogP contribution in [0.3, 0.4) is 0 Å². The van der Waals surface area contributed by atoms with E-state index in [-0.39, 0.29) is 5.75 Å². The number of benzene rings is 1. The third-order valence-electron chi connectivity index (χ3n) is 3.02. The molecular formula is C11H13N3OS. The van der Waals surface area contributed by atoms with Gasteiger partial charge in [0.1, 0.15) is 5.75 Å². The zero-order chi connectivity index (χ0) is 11.0. The minimum absolute atomic E-state index is 0.217. The summed E-state index contributed by atoms with van der Waals surface area (Å²) in [5, 5.41) is 17.9. The Kier molecular flexibility index (Phi) is 2.47. The molecule has 1 saturated heterocycles. The number of rotatable bonds is 1. The highest BCUT2D eigenvalue weighted by molar-refractivity contribution is 7.99. The first-order valence-corrected chi connectivity index (χ1v) is 6.62. The molecule has 1 N–H and O–H groups in total. The van der Waals surface area contributed by atoms with Crippen molar-refractivity contribution < 1.29 is 5.11 Å². The summed E-state index contributed by atoms with van der Waals surface area (Å²) in [6.07, 6.45) is 2.28. The van der Waals surface area contributed by atoms with Gasteiger partial charge in [0.2, 0.25) is 0 Å². The van der Waals surface area contributed by atoms with Gasteiger partial charge < -0.3 is 5.11 Å². The maximum atomic E-state index is 9.66. The van der Waals surface area contributed by atoms with Gasteiger partial charge in [-0.1, -0.05) is 11.3 Å². The van der Waals surface area contributed by atoms with Gasteiger partial charge in [-0.25, -0.2) is 4.68 Å². The first kappa shape index (κ1) is 9.96. The Bertz CT molecular complexity index is 505. The normalized spacial score (nSPS) is 18.0. The fourth-order valence-corrected chi connectivity index (χ4v) is 3.23. The highest BCUT2D eigenvalue weighted by atomic mass is 32.2. The Balaban J connectivity index is 2.06. The molecule has 0 atom stereocenters. The van der Waals surface area contributed by atoms with Crippen LogP contribution in [0.15, 0.2) is 18.2 Å². The molecule has 16 heavy (non-hydrogen) atoms. The molecule has 0 bridgehead atoms. The molecule has 0 spiro atoms. The SMILES string of the molecule is Oc1cccc2c1nnn2C1CCSCC1. The molecule has 3 rings (SSSR count). The van der Waals surface area contributed by atoms with Gasteiger partial charge in [-0.15, -0.1) is 5.10 Å². The summed E-state index contributed by atoms with van der Waals surface area (Å²) in [5.41, 5.74) is 1.55. The number of phenols is 1. The Morgan fingerprint density at radius 3 is 2.94 bits per heavy atom. The van der Waals surface area contributed by atoms with E-state index in [1.165, 1.54) is 11.5 Å². The molecular weight excluding hydrogens is 222 g/mol.